The minimum atomic E-state index is -0.155. The van der Waals surface area contributed by atoms with Crippen molar-refractivity contribution in [2.24, 2.45) is 0 Å². The van der Waals surface area contributed by atoms with Gasteiger partial charge < -0.3 is 10.1 Å². The maximum Gasteiger partial charge on any atom is 0.248 e. The number of hydrogen-bond acceptors (Lipinski definition) is 3. The van der Waals surface area contributed by atoms with Crippen LogP contribution in [0.15, 0.2) is 59.5 Å². The monoisotopic (exact) mass is 313 g/mol. The highest BCUT2D eigenvalue weighted by molar-refractivity contribution is 7.98. The zero-order valence-corrected chi connectivity index (χ0v) is 13.5. The van der Waals surface area contributed by atoms with E-state index in [1.807, 2.05) is 61.7 Å². The lowest BCUT2D eigenvalue weighted by molar-refractivity contribution is -0.111. The van der Waals surface area contributed by atoms with Crippen LogP contribution in [0.1, 0.15) is 12.5 Å². The predicted molar refractivity (Wildman–Crippen MR) is 93.5 cm³/mol. The van der Waals surface area contributed by atoms with Gasteiger partial charge in [0.25, 0.3) is 0 Å². The van der Waals surface area contributed by atoms with E-state index in [1.54, 1.807) is 17.8 Å². The second-order valence-corrected chi connectivity index (χ2v) is 5.43. The molecule has 0 aliphatic rings. The summed E-state index contributed by atoms with van der Waals surface area (Å²) >= 11 is 1.69. The summed E-state index contributed by atoms with van der Waals surface area (Å²) in [7, 11) is 0. The summed E-state index contributed by atoms with van der Waals surface area (Å²) < 4.78 is 5.36. The number of anilines is 1. The van der Waals surface area contributed by atoms with Crippen molar-refractivity contribution in [3.05, 3.63) is 60.2 Å². The molecule has 1 N–H and O–H groups in total. The van der Waals surface area contributed by atoms with Crippen LogP contribution in [-0.4, -0.2) is 18.8 Å². The highest BCUT2D eigenvalue weighted by atomic mass is 32.2. The van der Waals surface area contributed by atoms with Crippen molar-refractivity contribution >= 4 is 29.4 Å². The molecule has 4 heteroatoms. The van der Waals surface area contributed by atoms with Gasteiger partial charge in [-0.05, 0) is 61.2 Å². The van der Waals surface area contributed by atoms with E-state index < -0.39 is 0 Å². The summed E-state index contributed by atoms with van der Waals surface area (Å²) in [5.41, 5.74) is 1.75. The van der Waals surface area contributed by atoms with E-state index in [2.05, 4.69) is 5.32 Å². The molecular weight excluding hydrogens is 294 g/mol. The van der Waals surface area contributed by atoms with Crippen molar-refractivity contribution in [2.75, 3.05) is 18.2 Å². The quantitative estimate of drug-likeness (QED) is 0.632. The maximum atomic E-state index is 11.9. The first-order valence-corrected chi connectivity index (χ1v) is 8.29. The molecule has 0 heterocycles. The van der Waals surface area contributed by atoms with Gasteiger partial charge in [-0.2, -0.15) is 0 Å². The summed E-state index contributed by atoms with van der Waals surface area (Å²) in [6, 6.07) is 15.4. The molecule has 0 aliphatic carbocycles. The third-order valence-corrected chi connectivity index (χ3v) is 3.72. The largest absolute Gasteiger partial charge is 0.494 e. The molecule has 0 bridgehead atoms. The van der Waals surface area contributed by atoms with Gasteiger partial charge in [-0.3, -0.25) is 4.79 Å². The Kier molecular flexibility index (Phi) is 6.10. The predicted octanol–water partition coefficient (Wildman–Crippen LogP) is 4.46. The Hall–Kier alpha value is -2.20. The van der Waals surface area contributed by atoms with Crippen LogP contribution < -0.4 is 10.1 Å². The molecular formula is C18H19NO2S. The average molecular weight is 313 g/mol. The molecule has 2 rings (SSSR count). The fraction of sp³-hybridized carbons (Fsp3) is 0.167. The number of rotatable bonds is 6. The Labute approximate surface area is 135 Å². The van der Waals surface area contributed by atoms with Gasteiger partial charge in [0.2, 0.25) is 5.91 Å². The zero-order chi connectivity index (χ0) is 15.8. The number of ether oxygens (including phenoxy) is 1. The van der Waals surface area contributed by atoms with Gasteiger partial charge in [-0.15, -0.1) is 11.8 Å². The van der Waals surface area contributed by atoms with Gasteiger partial charge in [0.05, 0.1) is 6.61 Å². The second kappa shape index (κ2) is 8.29. The smallest absolute Gasteiger partial charge is 0.248 e. The fourth-order valence-electron chi connectivity index (χ4n) is 1.87. The summed E-state index contributed by atoms with van der Waals surface area (Å²) in [5.74, 6) is 0.642. The Bertz CT molecular complexity index is 633. The van der Waals surface area contributed by atoms with Gasteiger partial charge in [-0.1, -0.05) is 12.1 Å². The summed E-state index contributed by atoms with van der Waals surface area (Å²) in [4.78, 5) is 13.1. The van der Waals surface area contributed by atoms with Gasteiger partial charge in [0, 0.05) is 16.7 Å². The first-order valence-electron chi connectivity index (χ1n) is 7.07. The van der Waals surface area contributed by atoms with Gasteiger partial charge in [0.15, 0.2) is 0 Å². The highest BCUT2D eigenvalue weighted by Crippen LogP contribution is 2.17. The number of thioether (sulfide) groups is 1. The molecule has 0 fully saturated rings. The van der Waals surface area contributed by atoms with Crippen molar-refractivity contribution < 1.29 is 9.53 Å². The number of nitrogens with one attached hydrogen (secondary N) is 1. The zero-order valence-electron chi connectivity index (χ0n) is 12.7. The number of hydrogen-bond donors (Lipinski definition) is 1. The van der Waals surface area contributed by atoms with Crippen LogP contribution in [0.3, 0.4) is 0 Å². The summed E-state index contributed by atoms with van der Waals surface area (Å²) in [6.45, 7) is 2.57. The molecule has 22 heavy (non-hydrogen) atoms. The van der Waals surface area contributed by atoms with E-state index in [1.165, 1.54) is 11.0 Å². The maximum absolute atomic E-state index is 11.9. The molecule has 3 nitrogen and oxygen atoms in total. The lowest BCUT2D eigenvalue weighted by Gasteiger charge is -2.05. The molecule has 0 saturated heterocycles. The Morgan fingerprint density at radius 2 is 1.82 bits per heavy atom. The van der Waals surface area contributed by atoms with E-state index in [0.717, 1.165) is 17.0 Å². The fourth-order valence-corrected chi connectivity index (χ4v) is 2.28. The van der Waals surface area contributed by atoms with Crippen LogP contribution in [0.2, 0.25) is 0 Å². The van der Waals surface area contributed by atoms with E-state index in [4.69, 9.17) is 4.74 Å². The van der Waals surface area contributed by atoms with E-state index in [0.29, 0.717) is 6.61 Å². The SMILES string of the molecule is CCOc1ccc(NC(=O)/C=C/c2ccc(SC)cc2)cc1. The van der Waals surface area contributed by atoms with Crippen molar-refractivity contribution in [3.63, 3.8) is 0 Å². The first kappa shape index (κ1) is 16.2. The third-order valence-electron chi connectivity index (χ3n) is 2.98. The molecule has 0 atom stereocenters. The highest BCUT2D eigenvalue weighted by Gasteiger charge is 1.99. The van der Waals surface area contributed by atoms with Gasteiger partial charge in [0.1, 0.15) is 5.75 Å². The van der Waals surface area contributed by atoms with E-state index >= 15 is 0 Å². The molecule has 0 aromatic heterocycles. The standard InChI is InChI=1S/C18H19NO2S/c1-3-21-16-9-7-15(8-10-16)19-18(20)13-6-14-4-11-17(22-2)12-5-14/h4-13H,3H2,1-2H3,(H,19,20)/b13-6+. The number of benzene rings is 2. The van der Waals surface area contributed by atoms with Crippen LogP contribution in [0.25, 0.3) is 6.08 Å². The van der Waals surface area contributed by atoms with Crippen molar-refractivity contribution in [1.82, 2.24) is 0 Å². The Balaban J connectivity index is 1.92. The van der Waals surface area contributed by atoms with Gasteiger partial charge >= 0.3 is 0 Å². The topological polar surface area (TPSA) is 38.3 Å². The number of carbonyl (C=O) groups is 1. The minimum absolute atomic E-state index is 0.155. The van der Waals surface area contributed by atoms with Crippen LogP contribution in [0.5, 0.6) is 5.75 Å². The van der Waals surface area contributed by atoms with Crippen LogP contribution >= 0.6 is 11.8 Å². The van der Waals surface area contributed by atoms with Crippen molar-refractivity contribution in [2.45, 2.75) is 11.8 Å². The number of amides is 1. The molecule has 1 amide bonds. The van der Waals surface area contributed by atoms with E-state index in [-0.39, 0.29) is 5.91 Å². The molecule has 2 aromatic rings. The van der Waals surface area contributed by atoms with Crippen LogP contribution in [-0.2, 0) is 4.79 Å². The molecule has 0 saturated carbocycles. The molecule has 0 spiro atoms. The normalized spacial score (nSPS) is 10.6. The Morgan fingerprint density at radius 1 is 1.14 bits per heavy atom. The molecule has 0 unspecified atom stereocenters. The summed E-state index contributed by atoms with van der Waals surface area (Å²) in [5, 5.41) is 2.82. The summed E-state index contributed by atoms with van der Waals surface area (Å²) in [6.07, 6.45) is 5.37. The molecule has 114 valence electrons. The lowest BCUT2D eigenvalue weighted by atomic mass is 10.2. The molecule has 2 aromatic carbocycles. The van der Waals surface area contributed by atoms with Crippen molar-refractivity contribution in [1.29, 1.82) is 0 Å². The molecule has 0 aliphatic heterocycles. The third kappa shape index (κ3) is 4.97. The van der Waals surface area contributed by atoms with Crippen LogP contribution in [0.4, 0.5) is 5.69 Å². The second-order valence-electron chi connectivity index (χ2n) is 4.55. The van der Waals surface area contributed by atoms with Crippen LogP contribution in [0, 0.1) is 0 Å². The Morgan fingerprint density at radius 3 is 2.41 bits per heavy atom. The number of carbonyl (C=O) groups excluding carboxylic acids is 1. The van der Waals surface area contributed by atoms with Crippen molar-refractivity contribution in [3.8, 4) is 5.75 Å². The van der Waals surface area contributed by atoms with Gasteiger partial charge in [-0.25, -0.2) is 0 Å². The average Bonchev–Trinajstić information content (AvgIpc) is 2.55. The molecule has 0 radical (unpaired) electrons. The lowest BCUT2D eigenvalue weighted by Crippen LogP contribution is -2.07. The first-order chi connectivity index (χ1) is 10.7. The van der Waals surface area contributed by atoms with E-state index in [9.17, 15) is 4.79 Å². The minimum Gasteiger partial charge on any atom is -0.494 e.